The SMILES string of the molecule is COc1ccc(NC(=O)C2CC(=O)NC(N3CCCCC3)=N2)cc1. The van der Waals surface area contributed by atoms with Gasteiger partial charge in [0.2, 0.25) is 17.8 Å². The molecule has 2 N–H and O–H groups in total. The first-order chi connectivity index (χ1) is 11.7. The van der Waals surface area contributed by atoms with Gasteiger partial charge in [0, 0.05) is 18.8 Å². The van der Waals surface area contributed by atoms with Crippen molar-refractivity contribution >= 4 is 23.5 Å². The van der Waals surface area contributed by atoms with Gasteiger partial charge >= 0.3 is 0 Å². The lowest BCUT2D eigenvalue weighted by atomic mass is 10.1. The summed E-state index contributed by atoms with van der Waals surface area (Å²) < 4.78 is 5.09. The van der Waals surface area contributed by atoms with Crippen molar-refractivity contribution in [2.24, 2.45) is 4.99 Å². The van der Waals surface area contributed by atoms with Crippen LogP contribution in [0.5, 0.6) is 5.75 Å². The molecule has 24 heavy (non-hydrogen) atoms. The van der Waals surface area contributed by atoms with E-state index < -0.39 is 6.04 Å². The highest BCUT2D eigenvalue weighted by molar-refractivity contribution is 6.05. The number of nitrogens with zero attached hydrogens (tertiary/aromatic N) is 2. The summed E-state index contributed by atoms with van der Waals surface area (Å²) >= 11 is 0. The third-order valence-electron chi connectivity index (χ3n) is 4.22. The minimum Gasteiger partial charge on any atom is -0.497 e. The van der Waals surface area contributed by atoms with Gasteiger partial charge in [-0.15, -0.1) is 0 Å². The van der Waals surface area contributed by atoms with E-state index in [4.69, 9.17) is 4.74 Å². The lowest BCUT2D eigenvalue weighted by Crippen LogP contribution is -2.51. The summed E-state index contributed by atoms with van der Waals surface area (Å²) in [5, 5.41) is 5.60. The van der Waals surface area contributed by atoms with Crippen LogP contribution in [0.3, 0.4) is 0 Å². The second kappa shape index (κ2) is 7.33. The van der Waals surface area contributed by atoms with Crippen LogP contribution in [0, 0.1) is 0 Å². The van der Waals surface area contributed by atoms with Crippen molar-refractivity contribution < 1.29 is 14.3 Å². The first-order valence-electron chi connectivity index (χ1n) is 8.23. The van der Waals surface area contributed by atoms with E-state index in [2.05, 4.69) is 15.6 Å². The van der Waals surface area contributed by atoms with E-state index in [1.54, 1.807) is 31.4 Å². The summed E-state index contributed by atoms with van der Waals surface area (Å²) in [7, 11) is 1.59. The average molecular weight is 330 g/mol. The van der Waals surface area contributed by atoms with Crippen molar-refractivity contribution in [2.75, 3.05) is 25.5 Å². The van der Waals surface area contributed by atoms with Crippen molar-refractivity contribution in [1.29, 1.82) is 0 Å². The minimum absolute atomic E-state index is 0.0688. The van der Waals surface area contributed by atoms with E-state index in [0.717, 1.165) is 31.7 Å². The van der Waals surface area contributed by atoms with Crippen molar-refractivity contribution in [3.8, 4) is 5.75 Å². The first kappa shape index (κ1) is 16.3. The van der Waals surface area contributed by atoms with Crippen LogP contribution in [-0.2, 0) is 9.59 Å². The van der Waals surface area contributed by atoms with E-state index in [-0.39, 0.29) is 18.2 Å². The molecule has 3 rings (SSSR count). The van der Waals surface area contributed by atoms with E-state index in [0.29, 0.717) is 11.6 Å². The van der Waals surface area contributed by atoms with Crippen molar-refractivity contribution in [3.63, 3.8) is 0 Å². The van der Waals surface area contributed by atoms with Crippen LogP contribution in [0.15, 0.2) is 29.3 Å². The molecule has 1 aromatic carbocycles. The Morgan fingerprint density at radius 3 is 2.62 bits per heavy atom. The molecule has 0 saturated carbocycles. The second-order valence-corrected chi connectivity index (χ2v) is 5.99. The number of anilines is 1. The summed E-state index contributed by atoms with van der Waals surface area (Å²) in [6, 6.07) is 6.36. The van der Waals surface area contributed by atoms with Gasteiger partial charge in [-0.2, -0.15) is 0 Å². The Hall–Kier alpha value is -2.57. The second-order valence-electron chi connectivity index (χ2n) is 5.99. The maximum absolute atomic E-state index is 12.4. The summed E-state index contributed by atoms with van der Waals surface area (Å²) in [5.74, 6) is 0.807. The minimum atomic E-state index is -0.697. The number of guanidine groups is 1. The number of likely N-dealkylation sites (tertiary alicyclic amines) is 1. The molecule has 7 nitrogen and oxygen atoms in total. The number of amides is 2. The summed E-state index contributed by atoms with van der Waals surface area (Å²) in [5.41, 5.74) is 0.654. The largest absolute Gasteiger partial charge is 0.497 e. The van der Waals surface area contributed by atoms with Crippen LogP contribution in [0.2, 0.25) is 0 Å². The predicted octanol–water partition coefficient (Wildman–Crippen LogP) is 1.36. The molecule has 0 radical (unpaired) electrons. The van der Waals surface area contributed by atoms with E-state index >= 15 is 0 Å². The van der Waals surface area contributed by atoms with Crippen LogP contribution in [0.4, 0.5) is 5.69 Å². The van der Waals surface area contributed by atoms with Gasteiger partial charge in [0.05, 0.1) is 13.5 Å². The molecule has 1 fully saturated rings. The average Bonchev–Trinajstić information content (AvgIpc) is 2.62. The summed E-state index contributed by atoms with van der Waals surface area (Å²) in [4.78, 5) is 30.9. The highest BCUT2D eigenvalue weighted by atomic mass is 16.5. The molecule has 128 valence electrons. The number of hydrogen-bond acceptors (Lipinski definition) is 5. The highest BCUT2D eigenvalue weighted by Crippen LogP contribution is 2.17. The zero-order chi connectivity index (χ0) is 16.9. The molecular formula is C17H22N4O3. The van der Waals surface area contributed by atoms with Gasteiger partial charge in [-0.05, 0) is 43.5 Å². The number of nitrogens with one attached hydrogen (secondary N) is 2. The van der Waals surface area contributed by atoms with Gasteiger partial charge in [-0.1, -0.05) is 0 Å². The topological polar surface area (TPSA) is 83.0 Å². The van der Waals surface area contributed by atoms with Gasteiger partial charge in [0.1, 0.15) is 11.8 Å². The maximum atomic E-state index is 12.4. The Bertz CT molecular complexity index is 636. The molecule has 1 atom stereocenters. The third-order valence-corrected chi connectivity index (χ3v) is 4.22. The number of ether oxygens (including phenoxy) is 1. The number of aliphatic imine (C=N–C) groups is 1. The van der Waals surface area contributed by atoms with Crippen LogP contribution in [0.1, 0.15) is 25.7 Å². The molecule has 1 unspecified atom stereocenters. The van der Waals surface area contributed by atoms with E-state index in [1.165, 1.54) is 6.42 Å². The van der Waals surface area contributed by atoms with E-state index in [9.17, 15) is 9.59 Å². The van der Waals surface area contributed by atoms with Gasteiger partial charge in [-0.25, -0.2) is 4.99 Å². The molecule has 0 bridgehead atoms. The van der Waals surface area contributed by atoms with Crippen molar-refractivity contribution in [3.05, 3.63) is 24.3 Å². The lowest BCUT2D eigenvalue weighted by Gasteiger charge is -2.32. The van der Waals surface area contributed by atoms with Crippen molar-refractivity contribution in [2.45, 2.75) is 31.7 Å². The lowest BCUT2D eigenvalue weighted by molar-refractivity contribution is -0.125. The molecule has 1 saturated heterocycles. The molecule has 1 aromatic rings. The van der Waals surface area contributed by atoms with Gasteiger partial charge in [0.15, 0.2) is 0 Å². The Labute approximate surface area is 141 Å². The fourth-order valence-electron chi connectivity index (χ4n) is 2.89. The Balaban J connectivity index is 1.69. The van der Waals surface area contributed by atoms with Crippen LogP contribution < -0.4 is 15.4 Å². The normalized spacial score (nSPS) is 20.9. The zero-order valence-corrected chi connectivity index (χ0v) is 13.7. The van der Waals surface area contributed by atoms with Crippen molar-refractivity contribution in [1.82, 2.24) is 10.2 Å². The monoisotopic (exact) mass is 330 g/mol. The standard InChI is InChI=1S/C17H22N4O3/c1-24-13-7-5-12(6-8-13)18-16(23)14-11-15(22)20-17(19-14)21-9-3-2-4-10-21/h5-8,14H,2-4,9-11H2,1H3,(H,18,23)(H,19,20,22). The maximum Gasteiger partial charge on any atom is 0.249 e. The number of hydrogen-bond donors (Lipinski definition) is 2. The number of carbonyl (C=O) groups is 2. The molecule has 7 heteroatoms. The summed E-state index contributed by atoms with van der Waals surface area (Å²) in [6.07, 6.45) is 3.42. The molecule has 2 amide bonds. The van der Waals surface area contributed by atoms with Crippen LogP contribution in [-0.4, -0.2) is 48.9 Å². The Kier molecular flexibility index (Phi) is 4.98. The Morgan fingerprint density at radius 2 is 1.96 bits per heavy atom. The number of benzene rings is 1. The molecule has 0 spiro atoms. The number of piperidine rings is 1. The highest BCUT2D eigenvalue weighted by Gasteiger charge is 2.29. The smallest absolute Gasteiger partial charge is 0.249 e. The number of rotatable bonds is 3. The quantitative estimate of drug-likeness (QED) is 0.877. The van der Waals surface area contributed by atoms with Gasteiger partial charge < -0.3 is 15.0 Å². The van der Waals surface area contributed by atoms with Gasteiger partial charge in [-0.3, -0.25) is 14.9 Å². The predicted molar refractivity (Wildman–Crippen MR) is 91.0 cm³/mol. The fourth-order valence-corrected chi connectivity index (χ4v) is 2.89. The third kappa shape index (κ3) is 3.84. The molecule has 0 aromatic heterocycles. The van der Waals surface area contributed by atoms with Crippen LogP contribution >= 0.6 is 0 Å². The van der Waals surface area contributed by atoms with Gasteiger partial charge in [0.25, 0.3) is 0 Å². The summed E-state index contributed by atoms with van der Waals surface area (Å²) in [6.45, 7) is 1.73. The van der Waals surface area contributed by atoms with E-state index in [1.807, 2.05) is 4.90 Å². The molecule has 0 aliphatic carbocycles. The molecular weight excluding hydrogens is 308 g/mol. The molecule has 2 heterocycles. The molecule has 2 aliphatic rings. The van der Waals surface area contributed by atoms with Crippen LogP contribution in [0.25, 0.3) is 0 Å². The molecule has 2 aliphatic heterocycles. The Morgan fingerprint density at radius 1 is 1.25 bits per heavy atom. The zero-order valence-electron chi connectivity index (χ0n) is 13.7. The fraction of sp³-hybridized carbons (Fsp3) is 0.471. The number of methoxy groups -OCH3 is 1. The first-order valence-corrected chi connectivity index (χ1v) is 8.23. The number of carbonyl (C=O) groups excluding carboxylic acids is 2.